The number of rotatable bonds is 4. The van der Waals surface area contributed by atoms with Gasteiger partial charge in [0.25, 0.3) is 0 Å². The van der Waals surface area contributed by atoms with Crippen LogP contribution in [-0.4, -0.2) is 21.3 Å². The SMILES string of the molecule is Cn1nc(C(C)(C)C)nc1CNCC1CC1. The zero-order valence-electron chi connectivity index (χ0n) is 10.7. The van der Waals surface area contributed by atoms with Crippen molar-refractivity contribution in [2.75, 3.05) is 6.54 Å². The van der Waals surface area contributed by atoms with E-state index in [2.05, 4.69) is 36.2 Å². The van der Waals surface area contributed by atoms with Crippen LogP contribution in [0.15, 0.2) is 0 Å². The molecule has 0 bridgehead atoms. The van der Waals surface area contributed by atoms with Crippen LogP contribution in [0.4, 0.5) is 0 Å². The second kappa shape index (κ2) is 4.17. The maximum absolute atomic E-state index is 4.59. The molecule has 1 aliphatic carbocycles. The zero-order valence-corrected chi connectivity index (χ0v) is 10.7. The fourth-order valence-electron chi connectivity index (χ4n) is 1.60. The van der Waals surface area contributed by atoms with E-state index in [9.17, 15) is 0 Å². The van der Waals surface area contributed by atoms with Gasteiger partial charge >= 0.3 is 0 Å². The topological polar surface area (TPSA) is 42.7 Å². The van der Waals surface area contributed by atoms with Crippen molar-refractivity contribution in [3.63, 3.8) is 0 Å². The molecular formula is C12H22N4. The van der Waals surface area contributed by atoms with E-state index in [0.717, 1.165) is 30.7 Å². The normalized spacial score (nSPS) is 16.8. The predicted octanol–water partition coefficient (Wildman–Crippen LogP) is 1.61. The van der Waals surface area contributed by atoms with Crippen molar-refractivity contribution in [3.8, 4) is 0 Å². The van der Waals surface area contributed by atoms with Gasteiger partial charge in [0.05, 0.1) is 6.54 Å². The van der Waals surface area contributed by atoms with Crippen LogP contribution in [0.5, 0.6) is 0 Å². The van der Waals surface area contributed by atoms with E-state index >= 15 is 0 Å². The van der Waals surface area contributed by atoms with Gasteiger partial charge < -0.3 is 5.32 Å². The molecule has 1 aliphatic rings. The van der Waals surface area contributed by atoms with E-state index in [0.29, 0.717) is 0 Å². The molecule has 4 heteroatoms. The quantitative estimate of drug-likeness (QED) is 0.841. The van der Waals surface area contributed by atoms with E-state index < -0.39 is 0 Å². The minimum absolute atomic E-state index is 0.0342. The summed E-state index contributed by atoms with van der Waals surface area (Å²) in [6, 6.07) is 0. The van der Waals surface area contributed by atoms with Crippen molar-refractivity contribution < 1.29 is 0 Å². The first kappa shape index (κ1) is 11.6. The molecule has 4 nitrogen and oxygen atoms in total. The molecule has 0 amide bonds. The summed E-state index contributed by atoms with van der Waals surface area (Å²) < 4.78 is 1.89. The number of hydrogen-bond donors (Lipinski definition) is 1. The van der Waals surface area contributed by atoms with Crippen molar-refractivity contribution in [2.45, 2.75) is 45.6 Å². The molecule has 1 heterocycles. The highest BCUT2D eigenvalue weighted by Crippen LogP contribution is 2.27. The van der Waals surface area contributed by atoms with Crippen LogP contribution in [0.2, 0.25) is 0 Å². The third kappa shape index (κ3) is 2.82. The van der Waals surface area contributed by atoms with Gasteiger partial charge in [-0.15, -0.1) is 0 Å². The summed E-state index contributed by atoms with van der Waals surface area (Å²) >= 11 is 0. The van der Waals surface area contributed by atoms with Crippen molar-refractivity contribution >= 4 is 0 Å². The minimum Gasteiger partial charge on any atom is -0.310 e. The average Bonchev–Trinajstić information content (AvgIpc) is 2.90. The van der Waals surface area contributed by atoms with Gasteiger partial charge in [-0.2, -0.15) is 5.10 Å². The van der Waals surface area contributed by atoms with Crippen LogP contribution in [0.1, 0.15) is 45.3 Å². The molecule has 1 aromatic rings. The Hall–Kier alpha value is -0.900. The monoisotopic (exact) mass is 222 g/mol. The highest BCUT2D eigenvalue weighted by molar-refractivity contribution is 5.03. The fraction of sp³-hybridized carbons (Fsp3) is 0.833. The molecule has 1 aromatic heterocycles. The van der Waals surface area contributed by atoms with Gasteiger partial charge in [-0.3, -0.25) is 4.68 Å². The molecule has 16 heavy (non-hydrogen) atoms. The summed E-state index contributed by atoms with van der Waals surface area (Å²) in [5.74, 6) is 2.87. The largest absolute Gasteiger partial charge is 0.310 e. The molecule has 1 fully saturated rings. The molecule has 0 aromatic carbocycles. The zero-order chi connectivity index (χ0) is 11.8. The summed E-state index contributed by atoms with van der Waals surface area (Å²) in [6.07, 6.45) is 2.78. The van der Waals surface area contributed by atoms with Gasteiger partial charge in [0.2, 0.25) is 0 Å². The van der Waals surface area contributed by atoms with Gasteiger partial charge in [-0.25, -0.2) is 4.98 Å². The number of nitrogens with one attached hydrogen (secondary N) is 1. The van der Waals surface area contributed by atoms with E-state index in [-0.39, 0.29) is 5.41 Å². The van der Waals surface area contributed by atoms with Crippen LogP contribution >= 0.6 is 0 Å². The third-order valence-electron chi connectivity index (χ3n) is 2.94. The molecule has 2 rings (SSSR count). The van der Waals surface area contributed by atoms with E-state index in [4.69, 9.17) is 0 Å². The molecule has 0 aliphatic heterocycles. The van der Waals surface area contributed by atoms with Crippen molar-refractivity contribution in [1.29, 1.82) is 0 Å². The number of aromatic nitrogens is 3. The standard InChI is InChI=1S/C12H22N4/c1-12(2,3)11-14-10(16(4)15-11)8-13-7-9-5-6-9/h9,13H,5-8H2,1-4H3. The second-order valence-electron chi connectivity index (χ2n) is 5.80. The Kier molecular flexibility index (Phi) is 3.02. The van der Waals surface area contributed by atoms with Crippen LogP contribution in [0, 0.1) is 5.92 Å². The lowest BCUT2D eigenvalue weighted by molar-refractivity contribution is 0.538. The van der Waals surface area contributed by atoms with Gasteiger partial charge in [0, 0.05) is 12.5 Å². The maximum Gasteiger partial charge on any atom is 0.156 e. The van der Waals surface area contributed by atoms with Gasteiger partial charge in [-0.1, -0.05) is 20.8 Å². The Bertz CT molecular complexity index is 358. The van der Waals surface area contributed by atoms with E-state index in [1.807, 2.05) is 11.7 Å². The van der Waals surface area contributed by atoms with Crippen molar-refractivity contribution in [2.24, 2.45) is 13.0 Å². The van der Waals surface area contributed by atoms with Crippen LogP contribution in [0.25, 0.3) is 0 Å². The molecule has 0 unspecified atom stereocenters. The average molecular weight is 222 g/mol. The van der Waals surface area contributed by atoms with Crippen LogP contribution < -0.4 is 5.32 Å². The first-order valence-electron chi connectivity index (χ1n) is 6.08. The molecule has 90 valence electrons. The molecule has 1 N–H and O–H groups in total. The van der Waals surface area contributed by atoms with Crippen molar-refractivity contribution in [3.05, 3.63) is 11.6 Å². The Balaban J connectivity index is 1.94. The van der Waals surface area contributed by atoms with Gasteiger partial charge in [-0.05, 0) is 25.3 Å². The summed E-state index contributed by atoms with van der Waals surface area (Å²) in [4.78, 5) is 4.59. The predicted molar refractivity (Wildman–Crippen MR) is 64.1 cm³/mol. The molecule has 0 radical (unpaired) electrons. The Morgan fingerprint density at radius 1 is 1.38 bits per heavy atom. The number of nitrogens with zero attached hydrogens (tertiary/aromatic N) is 3. The van der Waals surface area contributed by atoms with E-state index in [1.165, 1.54) is 12.8 Å². The molecule has 1 saturated carbocycles. The molecule has 0 atom stereocenters. The Labute approximate surface area is 97.5 Å². The van der Waals surface area contributed by atoms with Crippen LogP contribution in [0.3, 0.4) is 0 Å². The van der Waals surface area contributed by atoms with Gasteiger partial charge in [0.1, 0.15) is 5.82 Å². The van der Waals surface area contributed by atoms with E-state index in [1.54, 1.807) is 0 Å². The smallest absolute Gasteiger partial charge is 0.156 e. The summed E-state index contributed by atoms with van der Waals surface area (Å²) in [6.45, 7) is 8.38. The summed E-state index contributed by atoms with van der Waals surface area (Å²) in [5, 5.41) is 7.91. The van der Waals surface area contributed by atoms with Crippen LogP contribution in [-0.2, 0) is 19.0 Å². The molecular weight excluding hydrogens is 200 g/mol. The summed E-state index contributed by atoms with van der Waals surface area (Å²) in [5.41, 5.74) is 0.0342. The minimum atomic E-state index is 0.0342. The first-order valence-corrected chi connectivity index (χ1v) is 6.08. The second-order valence-corrected chi connectivity index (χ2v) is 5.80. The number of aryl methyl sites for hydroxylation is 1. The lowest BCUT2D eigenvalue weighted by Gasteiger charge is -2.12. The van der Waals surface area contributed by atoms with Gasteiger partial charge in [0.15, 0.2) is 5.82 Å². The lowest BCUT2D eigenvalue weighted by atomic mass is 9.96. The number of hydrogen-bond acceptors (Lipinski definition) is 3. The maximum atomic E-state index is 4.59. The highest BCUT2D eigenvalue weighted by Gasteiger charge is 2.22. The highest BCUT2D eigenvalue weighted by atomic mass is 15.3. The third-order valence-corrected chi connectivity index (χ3v) is 2.94. The fourth-order valence-corrected chi connectivity index (χ4v) is 1.60. The lowest BCUT2D eigenvalue weighted by Crippen LogP contribution is -2.19. The molecule has 0 spiro atoms. The Morgan fingerprint density at radius 3 is 2.56 bits per heavy atom. The first-order chi connectivity index (χ1) is 7.47. The van der Waals surface area contributed by atoms with Crippen molar-refractivity contribution in [1.82, 2.24) is 20.1 Å². The Morgan fingerprint density at radius 2 is 2.06 bits per heavy atom. The molecule has 0 saturated heterocycles. The summed E-state index contributed by atoms with van der Waals surface area (Å²) in [7, 11) is 1.97.